The number of hydrogen-bond acceptors (Lipinski definition) is 2. The molecule has 0 atom stereocenters. The summed E-state index contributed by atoms with van der Waals surface area (Å²) in [7, 11) is 0. The number of ether oxygens (including phenoxy) is 1. The molecule has 0 aliphatic heterocycles. The van der Waals surface area contributed by atoms with Gasteiger partial charge in [0.2, 0.25) is 0 Å². The maximum atomic E-state index is 5.56. The highest BCUT2D eigenvalue weighted by Crippen LogP contribution is 2.15. The van der Waals surface area contributed by atoms with Crippen LogP contribution in [0.3, 0.4) is 0 Å². The van der Waals surface area contributed by atoms with E-state index in [2.05, 4.69) is 48.6 Å². The Morgan fingerprint density at radius 2 is 1.68 bits per heavy atom. The summed E-state index contributed by atoms with van der Waals surface area (Å²) >= 11 is 0. The first kappa shape index (κ1) is 13.5. The predicted molar refractivity (Wildman–Crippen MR) is 80.9 cm³/mol. The summed E-state index contributed by atoms with van der Waals surface area (Å²) in [5.41, 5.74) is 2.50. The van der Waals surface area contributed by atoms with E-state index >= 15 is 0 Å². The van der Waals surface area contributed by atoms with Crippen LogP contribution in [0.4, 0.5) is 5.69 Å². The van der Waals surface area contributed by atoms with E-state index in [1.54, 1.807) is 0 Å². The van der Waals surface area contributed by atoms with E-state index in [0.29, 0.717) is 0 Å². The van der Waals surface area contributed by atoms with Crippen molar-refractivity contribution < 1.29 is 4.74 Å². The van der Waals surface area contributed by atoms with Crippen molar-refractivity contribution in [2.75, 3.05) is 18.5 Å². The maximum absolute atomic E-state index is 5.56. The lowest BCUT2D eigenvalue weighted by atomic mass is 10.1. The molecule has 0 bridgehead atoms. The first-order valence-electron chi connectivity index (χ1n) is 6.89. The Bertz CT molecular complexity index is 464. The van der Waals surface area contributed by atoms with Crippen molar-refractivity contribution in [1.82, 2.24) is 0 Å². The van der Waals surface area contributed by atoms with Crippen molar-refractivity contribution in [3.8, 4) is 5.75 Å². The molecule has 2 aromatic rings. The average Bonchev–Trinajstić information content (AvgIpc) is 2.47. The number of rotatable bonds is 7. The second-order valence-corrected chi connectivity index (χ2v) is 4.54. The minimum absolute atomic E-state index is 0.779. The zero-order chi connectivity index (χ0) is 13.3. The third-order valence-corrected chi connectivity index (χ3v) is 2.91. The third kappa shape index (κ3) is 4.66. The molecular weight excluding hydrogens is 234 g/mol. The van der Waals surface area contributed by atoms with Gasteiger partial charge in [-0.1, -0.05) is 37.3 Å². The van der Waals surface area contributed by atoms with Gasteiger partial charge in [-0.3, -0.25) is 0 Å². The molecule has 100 valence electrons. The Hall–Kier alpha value is -1.96. The van der Waals surface area contributed by atoms with Crippen molar-refractivity contribution in [1.29, 1.82) is 0 Å². The summed E-state index contributed by atoms with van der Waals surface area (Å²) in [5, 5.41) is 3.42. The maximum Gasteiger partial charge on any atom is 0.119 e. The third-order valence-electron chi connectivity index (χ3n) is 2.91. The SMILES string of the molecule is CCCOc1ccc(NCCc2ccccc2)cc1. The molecule has 1 N–H and O–H groups in total. The van der Waals surface area contributed by atoms with E-state index in [-0.39, 0.29) is 0 Å². The molecule has 2 aromatic carbocycles. The minimum atomic E-state index is 0.779. The number of nitrogens with one attached hydrogen (secondary N) is 1. The first-order valence-corrected chi connectivity index (χ1v) is 6.89. The van der Waals surface area contributed by atoms with Gasteiger partial charge in [-0.05, 0) is 42.7 Å². The predicted octanol–water partition coefficient (Wildman–Crippen LogP) is 4.13. The highest BCUT2D eigenvalue weighted by atomic mass is 16.5. The van der Waals surface area contributed by atoms with Gasteiger partial charge in [0.05, 0.1) is 6.61 Å². The van der Waals surface area contributed by atoms with Crippen LogP contribution in [0.2, 0.25) is 0 Å². The molecule has 0 aromatic heterocycles. The standard InChI is InChI=1S/C17H21NO/c1-2-14-19-17-10-8-16(9-11-17)18-13-12-15-6-4-3-5-7-15/h3-11,18H,2,12-14H2,1H3. The largest absolute Gasteiger partial charge is 0.494 e. The number of hydrogen-bond donors (Lipinski definition) is 1. The Labute approximate surface area is 115 Å². The second-order valence-electron chi connectivity index (χ2n) is 4.54. The zero-order valence-corrected chi connectivity index (χ0v) is 11.4. The smallest absolute Gasteiger partial charge is 0.119 e. The molecule has 0 unspecified atom stereocenters. The summed E-state index contributed by atoms with van der Waals surface area (Å²) in [6.45, 7) is 3.83. The Morgan fingerprint density at radius 3 is 2.37 bits per heavy atom. The quantitative estimate of drug-likeness (QED) is 0.803. The van der Waals surface area contributed by atoms with Gasteiger partial charge in [-0.25, -0.2) is 0 Å². The number of benzene rings is 2. The molecule has 0 radical (unpaired) electrons. The van der Waals surface area contributed by atoms with E-state index < -0.39 is 0 Å². The van der Waals surface area contributed by atoms with Gasteiger partial charge in [0, 0.05) is 12.2 Å². The molecular formula is C17H21NO. The van der Waals surface area contributed by atoms with Gasteiger partial charge in [0.25, 0.3) is 0 Å². The lowest BCUT2D eigenvalue weighted by Crippen LogP contribution is -2.04. The Morgan fingerprint density at radius 1 is 0.947 bits per heavy atom. The fourth-order valence-corrected chi connectivity index (χ4v) is 1.88. The molecule has 0 saturated carbocycles. The van der Waals surface area contributed by atoms with Crippen LogP contribution in [0.25, 0.3) is 0 Å². The molecule has 0 spiro atoms. The van der Waals surface area contributed by atoms with Crippen molar-refractivity contribution in [3.63, 3.8) is 0 Å². The van der Waals surface area contributed by atoms with Crippen molar-refractivity contribution in [3.05, 3.63) is 60.2 Å². The second kappa shape index (κ2) is 7.47. The van der Waals surface area contributed by atoms with Gasteiger partial charge in [-0.2, -0.15) is 0 Å². The minimum Gasteiger partial charge on any atom is -0.494 e. The number of anilines is 1. The van der Waals surface area contributed by atoms with E-state index in [9.17, 15) is 0 Å². The lowest BCUT2D eigenvalue weighted by molar-refractivity contribution is 0.317. The molecule has 0 amide bonds. The van der Waals surface area contributed by atoms with Crippen LogP contribution in [0.5, 0.6) is 5.75 Å². The Balaban J connectivity index is 1.77. The van der Waals surface area contributed by atoms with Crippen LogP contribution in [0, 0.1) is 0 Å². The lowest BCUT2D eigenvalue weighted by Gasteiger charge is -2.08. The molecule has 2 rings (SSSR count). The fourth-order valence-electron chi connectivity index (χ4n) is 1.88. The molecule has 19 heavy (non-hydrogen) atoms. The molecule has 2 heteroatoms. The highest BCUT2D eigenvalue weighted by molar-refractivity contribution is 5.46. The zero-order valence-electron chi connectivity index (χ0n) is 11.4. The van der Waals surface area contributed by atoms with Crippen molar-refractivity contribution in [2.24, 2.45) is 0 Å². The molecule has 0 heterocycles. The van der Waals surface area contributed by atoms with Crippen LogP contribution in [-0.4, -0.2) is 13.2 Å². The van der Waals surface area contributed by atoms with Crippen molar-refractivity contribution in [2.45, 2.75) is 19.8 Å². The monoisotopic (exact) mass is 255 g/mol. The Kier molecular flexibility index (Phi) is 5.30. The molecule has 0 aliphatic carbocycles. The van der Waals surface area contributed by atoms with Gasteiger partial charge in [-0.15, -0.1) is 0 Å². The van der Waals surface area contributed by atoms with Gasteiger partial charge in [0.15, 0.2) is 0 Å². The molecule has 0 fully saturated rings. The van der Waals surface area contributed by atoms with Crippen LogP contribution in [-0.2, 0) is 6.42 Å². The summed E-state index contributed by atoms with van der Waals surface area (Å²) in [6, 6.07) is 18.7. The van der Waals surface area contributed by atoms with Crippen LogP contribution >= 0.6 is 0 Å². The molecule has 0 saturated heterocycles. The van der Waals surface area contributed by atoms with Crippen molar-refractivity contribution >= 4 is 5.69 Å². The van der Waals surface area contributed by atoms with E-state index in [4.69, 9.17) is 4.74 Å². The normalized spacial score (nSPS) is 10.2. The van der Waals surface area contributed by atoms with Crippen LogP contribution in [0.15, 0.2) is 54.6 Å². The first-order chi connectivity index (χ1) is 9.38. The van der Waals surface area contributed by atoms with E-state index in [1.165, 1.54) is 5.56 Å². The molecule has 0 aliphatic rings. The van der Waals surface area contributed by atoms with Crippen LogP contribution < -0.4 is 10.1 Å². The van der Waals surface area contributed by atoms with Gasteiger partial charge < -0.3 is 10.1 Å². The summed E-state index contributed by atoms with van der Waals surface area (Å²) in [5.74, 6) is 0.940. The van der Waals surface area contributed by atoms with Gasteiger partial charge in [0.1, 0.15) is 5.75 Å². The van der Waals surface area contributed by atoms with E-state index in [1.807, 2.05) is 18.2 Å². The summed E-state index contributed by atoms with van der Waals surface area (Å²) in [4.78, 5) is 0. The summed E-state index contributed by atoms with van der Waals surface area (Å²) < 4.78 is 5.56. The van der Waals surface area contributed by atoms with Crippen LogP contribution in [0.1, 0.15) is 18.9 Å². The fraction of sp³-hybridized carbons (Fsp3) is 0.294. The van der Waals surface area contributed by atoms with E-state index in [0.717, 1.165) is 37.4 Å². The highest BCUT2D eigenvalue weighted by Gasteiger charge is 1.95. The average molecular weight is 255 g/mol. The summed E-state index contributed by atoms with van der Waals surface area (Å²) in [6.07, 6.45) is 2.08. The van der Waals surface area contributed by atoms with Gasteiger partial charge >= 0.3 is 0 Å². The topological polar surface area (TPSA) is 21.3 Å². The molecule has 2 nitrogen and oxygen atoms in total.